The number of carbonyl (C=O) groups is 1. The fourth-order valence-electron chi connectivity index (χ4n) is 3.58. The fourth-order valence-corrected chi connectivity index (χ4v) is 4.44. The number of nitrogens with zero attached hydrogens (tertiary/aromatic N) is 2. The van der Waals surface area contributed by atoms with Gasteiger partial charge in [0.05, 0.1) is 18.2 Å². The van der Waals surface area contributed by atoms with Crippen molar-refractivity contribution in [3.63, 3.8) is 0 Å². The first-order valence-electron chi connectivity index (χ1n) is 8.59. The van der Waals surface area contributed by atoms with Crippen LogP contribution in [0.5, 0.6) is 0 Å². The third-order valence-corrected chi connectivity index (χ3v) is 5.58. The summed E-state index contributed by atoms with van der Waals surface area (Å²) in [5, 5.41) is 5.27. The van der Waals surface area contributed by atoms with Crippen LogP contribution in [0.3, 0.4) is 0 Å². The fraction of sp³-hybridized carbons (Fsp3) is 0.706. The number of urea groups is 1. The molecule has 23 heavy (non-hydrogen) atoms. The van der Waals surface area contributed by atoms with E-state index >= 15 is 0 Å². The van der Waals surface area contributed by atoms with Crippen LogP contribution in [0.4, 0.5) is 4.79 Å². The first kappa shape index (κ1) is 16.7. The quantitative estimate of drug-likeness (QED) is 0.919. The summed E-state index contributed by atoms with van der Waals surface area (Å²) in [6.45, 7) is 8.32. The summed E-state index contributed by atoms with van der Waals surface area (Å²) in [6.07, 6.45) is 2.73. The summed E-state index contributed by atoms with van der Waals surface area (Å²) in [5.74, 6) is 0. The van der Waals surface area contributed by atoms with Crippen molar-refractivity contribution in [1.82, 2.24) is 15.1 Å². The number of nitrogens with one attached hydrogen (secondary N) is 1. The molecule has 2 fully saturated rings. The van der Waals surface area contributed by atoms with Crippen molar-refractivity contribution < 1.29 is 9.53 Å². The third-order valence-electron chi connectivity index (χ3n) is 4.61. The van der Waals surface area contributed by atoms with Crippen LogP contribution in [0.1, 0.15) is 37.6 Å². The van der Waals surface area contributed by atoms with Crippen LogP contribution in [-0.4, -0.2) is 60.8 Å². The van der Waals surface area contributed by atoms with Crippen LogP contribution in [0.2, 0.25) is 0 Å². The lowest BCUT2D eigenvalue weighted by molar-refractivity contribution is -0.0546. The third kappa shape index (κ3) is 4.25. The summed E-state index contributed by atoms with van der Waals surface area (Å²) in [7, 11) is 0. The molecule has 1 aromatic rings. The molecule has 128 valence electrons. The number of carbonyl (C=O) groups excluding carboxylic acids is 1. The maximum absolute atomic E-state index is 12.5. The molecule has 3 unspecified atom stereocenters. The highest BCUT2D eigenvalue weighted by Crippen LogP contribution is 2.27. The lowest BCUT2D eigenvalue weighted by Crippen LogP contribution is -2.52. The topological polar surface area (TPSA) is 44.8 Å². The molecule has 2 amide bonds. The van der Waals surface area contributed by atoms with E-state index in [9.17, 15) is 4.79 Å². The van der Waals surface area contributed by atoms with Crippen molar-refractivity contribution in [2.24, 2.45) is 0 Å². The number of amides is 2. The molecule has 1 N–H and O–H groups in total. The summed E-state index contributed by atoms with van der Waals surface area (Å²) in [5.41, 5.74) is 0. The van der Waals surface area contributed by atoms with Crippen molar-refractivity contribution >= 4 is 17.4 Å². The Balaban J connectivity index is 1.58. The van der Waals surface area contributed by atoms with Gasteiger partial charge in [0.2, 0.25) is 0 Å². The second kappa shape index (κ2) is 7.64. The molecule has 0 bridgehead atoms. The van der Waals surface area contributed by atoms with E-state index < -0.39 is 0 Å². The standard InChI is InChI=1S/C17H27N3O2S/c1-13-11-20(12-14(2)22-13)17(21)18-10-15(16-6-5-9-23-16)19-7-3-4-8-19/h5-6,9,13-15H,3-4,7-8,10-12H2,1-2H3,(H,18,21). The number of hydrogen-bond donors (Lipinski definition) is 1. The Hall–Kier alpha value is -1.11. The van der Waals surface area contributed by atoms with Gasteiger partial charge in [-0.1, -0.05) is 6.07 Å². The molecule has 6 heteroatoms. The molecule has 2 aliphatic heterocycles. The second-order valence-electron chi connectivity index (χ2n) is 6.62. The molecule has 0 aliphatic carbocycles. The highest BCUT2D eigenvalue weighted by Gasteiger charge is 2.28. The Kier molecular flexibility index (Phi) is 5.56. The van der Waals surface area contributed by atoms with Crippen LogP contribution in [0, 0.1) is 0 Å². The van der Waals surface area contributed by atoms with Gasteiger partial charge in [-0.05, 0) is 51.2 Å². The van der Waals surface area contributed by atoms with Crippen molar-refractivity contribution in [1.29, 1.82) is 0 Å². The minimum atomic E-state index is 0.0350. The molecule has 0 aromatic carbocycles. The maximum atomic E-state index is 12.5. The van der Waals surface area contributed by atoms with E-state index in [1.165, 1.54) is 17.7 Å². The van der Waals surface area contributed by atoms with E-state index in [0.29, 0.717) is 25.7 Å². The summed E-state index contributed by atoms with van der Waals surface area (Å²) in [6, 6.07) is 4.61. The zero-order chi connectivity index (χ0) is 16.2. The van der Waals surface area contributed by atoms with Gasteiger partial charge in [0.25, 0.3) is 0 Å². The summed E-state index contributed by atoms with van der Waals surface area (Å²) >= 11 is 1.78. The van der Waals surface area contributed by atoms with E-state index in [1.807, 2.05) is 18.7 Å². The monoisotopic (exact) mass is 337 g/mol. The Labute approximate surface area is 142 Å². The molecule has 2 aliphatic rings. The molecule has 3 atom stereocenters. The molecule has 3 rings (SSSR count). The van der Waals surface area contributed by atoms with E-state index in [4.69, 9.17) is 4.74 Å². The van der Waals surface area contributed by atoms with Gasteiger partial charge in [-0.2, -0.15) is 0 Å². The minimum absolute atomic E-state index is 0.0350. The van der Waals surface area contributed by atoms with Crippen LogP contribution >= 0.6 is 11.3 Å². The Morgan fingerprint density at radius 2 is 2.04 bits per heavy atom. The highest BCUT2D eigenvalue weighted by atomic mass is 32.1. The molecule has 5 nitrogen and oxygen atoms in total. The Morgan fingerprint density at radius 3 is 2.65 bits per heavy atom. The van der Waals surface area contributed by atoms with Gasteiger partial charge in [-0.25, -0.2) is 4.79 Å². The number of morpholine rings is 1. The highest BCUT2D eigenvalue weighted by molar-refractivity contribution is 7.10. The predicted molar refractivity (Wildman–Crippen MR) is 92.8 cm³/mol. The number of likely N-dealkylation sites (tertiary alicyclic amines) is 1. The van der Waals surface area contributed by atoms with Crippen LogP contribution in [0.25, 0.3) is 0 Å². The zero-order valence-corrected chi connectivity index (χ0v) is 14.8. The SMILES string of the molecule is CC1CN(C(=O)NCC(c2cccs2)N2CCCC2)CC(C)O1. The molecular formula is C17H27N3O2S. The summed E-state index contributed by atoms with van der Waals surface area (Å²) < 4.78 is 5.70. The molecule has 2 saturated heterocycles. The van der Waals surface area contributed by atoms with Gasteiger partial charge in [0.1, 0.15) is 0 Å². The molecule has 3 heterocycles. The van der Waals surface area contributed by atoms with E-state index in [1.54, 1.807) is 11.3 Å². The predicted octanol–water partition coefficient (Wildman–Crippen LogP) is 2.70. The van der Waals surface area contributed by atoms with Gasteiger partial charge < -0.3 is 15.0 Å². The lowest BCUT2D eigenvalue weighted by Gasteiger charge is -2.36. The lowest BCUT2D eigenvalue weighted by atomic mass is 10.2. The molecule has 1 aromatic heterocycles. The average Bonchev–Trinajstić information content (AvgIpc) is 3.20. The first-order chi connectivity index (χ1) is 11.1. The largest absolute Gasteiger partial charge is 0.372 e. The normalized spacial score (nSPS) is 27.1. The molecular weight excluding hydrogens is 310 g/mol. The average molecular weight is 337 g/mol. The van der Waals surface area contributed by atoms with E-state index in [0.717, 1.165) is 13.1 Å². The van der Waals surface area contributed by atoms with Crippen LogP contribution in [-0.2, 0) is 4.74 Å². The van der Waals surface area contributed by atoms with Crippen molar-refractivity contribution in [2.75, 3.05) is 32.7 Å². The zero-order valence-electron chi connectivity index (χ0n) is 14.0. The Bertz CT molecular complexity index is 492. The minimum Gasteiger partial charge on any atom is -0.372 e. The first-order valence-corrected chi connectivity index (χ1v) is 9.47. The van der Waals surface area contributed by atoms with Crippen molar-refractivity contribution in [3.8, 4) is 0 Å². The van der Waals surface area contributed by atoms with Crippen LogP contribution in [0.15, 0.2) is 17.5 Å². The second-order valence-corrected chi connectivity index (χ2v) is 7.60. The van der Waals surface area contributed by atoms with Gasteiger partial charge in [0.15, 0.2) is 0 Å². The number of hydrogen-bond acceptors (Lipinski definition) is 4. The van der Waals surface area contributed by atoms with Crippen molar-refractivity contribution in [2.45, 2.75) is 44.9 Å². The summed E-state index contributed by atoms with van der Waals surface area (Å²) in [4.78, 5) is 18.2. The molecule has 0 radical (unpaired) electrons. The number of ether oxygens (including phenoxy) is 1. The Morgan fingerprint density at radius 1 is 1.35 bits per heavy atom. The van der Waals surface area contributed by atoms with Gasteiger partial charge in [0, 0.05) is 24.5 Å². The maximum Gasteiger partial charge on any atom is 0.317 e. The molecule has 0 spiro atoms. The number of thiophene rings is 1. The van der Waals surface area contributed by atoms with E-state index in [-0.39, 0.29) is 18.2 Å². The van der Waals surface area contributed by atoms with Gasteiger partial charge >= 0.3 is 6.03 Å². The van der Waals surface area contributed by atoms with Gasteiger partial charge in [-0.3, -0.25) is 4.90 Å². The number of rotatable bonds is 4. The molecule has 0 saturated carbocycles. The smallest absolute Gasteiger partial charge is 0.317 e. The van der Waals surface area contributed by atoms with Crippen molar-refractivity contribution in [3.05, 3.63) is 22.4 Å². The van der Waals surface area contributed by atoms with E-state index in [2.05, 4.69) is 27.7 Å². The van der Waals surface area contributed by atoms with Crippen LogP contribution < -0.4 is 5.32 Å². The van der Waals surface area contributed by atoms with Gasteiger partial charge in [-0.15, -0.1) is 11.3 Å².